The van der Waals surface area contributed by atoms with E-state index in [1.54, 1.807) is 9.80 Å². The normalized spacial score (nSPS) is 25.8. The molecule has 0 aromatic heterocycles. The molecule has 2 atom stereocenters. The predicted octanol–water partition coefficient (Wildman–Crippen LogP) is -0.508. The zero-order valence-corrected chi connectivity index (χ0v) is 12.1. The van der Waals surface area contributed by atoms with E-state index in [4.69, 9.17) is 9.84 Å². The van der Waals surface area contributed by atoms with Crippen molar-refractivity contribution in [2.24, 2.45) is 0 Å². The van der Waals surface area contributed by atoms with Gasteiger partial charge < -0.3 is 25.0 Å². The van der Waals surface area contributed by atoms with Crippen LogP contribution < -0.4 is 5.32 Å². The van der Waals surface area contributed by atoms with Crippen LogP contribution in [0.2, 0.25) is 0 Å². The number of nitrogens with zero attached hydrogens (tertiary/aromatic N) is 2. The Morgan fingerprint density at radius 1 is 1.24 bits per heavy atom. The molecule has 2 aliphatic rings. The summed E-state index contributed by atoms with van der Waals surface area (Å²) in [5.74, 6) is -1.02. The molecule has 2 saturated heterocycles. The van der Waals surface area contributed by atoms with Gasteiger partial charge in [0.15, 0.2) is 0 Å². The van der Waals surface area contributed by atoms with Crippen molar-refractivity contribution in [3.63, 3.8) is 0 Å². The van der Waals surface area contributed by atoms with Crippen LogP contribution in [0, 0.1) is 0 Å². The summed E-state index contributed by atoms with van der Waals surface area (Å²) < 4.78 is 5.36. The van der Waals surface area contributed by atoms with Gasteiger partial charge in [0.25, 0.3) is 0 Å². The lowest BCUT2D eigenvalue weighted by Gasteiger charge is -2.34. The van der Waals surface area contributed by atoms with Crippen molar-refractivity contribution < 1.29 is 24.2 Å². The number of likely N-dealkylation sites (tertiary alicyclic amines) is 1. The molecule has 2 fully saturated rings. The van der Waals surface area contributed by atoms with Crippen LogP contribution in [0.25, 0.3) is 0 Å². The fourth-order valence-corrected chi connectivity index (χ4v) is 2.75. The topological polar surface area (TPSA) is 99.2 Å². The van der Waals surface area contributed by atoms with E-state index in [0.29, 0.717) is 32.8 Å². The van der Waals surface area contributed by atoms with Crippen LogP contribution in [-0.4, -0.2) is 77.7 Å². The highest BCUT2D eigenvalue weighted by atomic mass is 16.5. The Kier molecular flexibility index (Phi) is 5.00. The van der Waals surface area contributed by atoms with Crippen LogP contribution >= 0.6 is 0 Å². The number of carbonyl (C=O) groups is 3. The van der Waals surface area contributed by atoms with Crippen molar-refractivity contribution in [1.29, 1.82) is 0 Å². The molecular formula is C13H21N3O5. The maximum absolute atomic E-state index is 12.4. The fraction of sp³-hybridized carbons (Fsp3) is 0.769. The smallest absolute Gasteiger partial charge is 0.320 e. The van der Waals surface area contributed by atoms with Crippen LogP contribution in [0.4, 0.5) is 4.79 Å². The number of rotatable bonds is 3. The van der Waals surface area contributed by atoms with E-state index >= 15 is 0 Å². The lowest BCUT2D eigenvalue weighted by Crippen LogP contribution is -2.51. The van der Waals surface area contributed by atoms with Gasteiger partial charge in [0, 0.05) is 39.1 Å². The highest BCUT2D eigenvalue weighted by Crippen LogP contribution is 2.15. The SMILES string of the molecule is CC(=O)NC1CCN(C(=O)N2CCOC(CC(=O)O)C2)C1. The molecule has 2 rings (SSSR count). The number of aliphatic carboxylic acids is 1. The number of carboxylic acid groups (broad SMARTS) is 1. The Morgan fingerprint density at radius 2 is 1.95 bits per heavy atom. The van der Waals surface area contributed by atoms with Crippen molar-refractivity contribution in [2.75, 3.05) is 32.8 Å². The van der Waals surface area contributed by atoms with Gasteiger partial charge >= 0.3 is 12.0 Å². The number of nitrogens with one attached hydrogen (secondary N) is 1. The zero-order chi connectivity index (χ0) is 15.4. The molecule has 0 bridgehead atoms. The van der Waals surface area contributed by atoms with E-state index in [9.17, 15) is 14.4 Å². The molecule has 2 heterocycles. The largest absolute Gasteiger partial charge is 0.481 e. The maximum atomic E-state index is 12.4. The van der Waals surface area contributed by atoms with Gasteiger partial charge in [-0.1, -0.05) is 0 Å². The second kappa shape index (κ2) is 6.75. The first kappa shape index (κ1) is 15.6. The summed E-state index contributed by atoms with van der Waals surface area (Å²) in [5.41, 5.74) is 0. The Labute approximate surface area is 123 Å². The molecule has 2 unspecified atom stereocenters. The molecular weight excluding hydrogens is 278 g/mol. The van der Waals surface area contributed by atoms with Crippen molar-refractivity contribution in [3.8, 4) is 0 Å². The molecule has 2 aliphatic heterocycles. The fourth-order valence-electron chi connectivity index (χ4n) is 2.75. The third-order valence-electron chi connectivity index (χ3n) is 3.68. The van der Waals surface area contributed by atoms with Crippen LogP contribution in [0.3, 0.4) is 0 Å². The average Bonchev–Trinajstić information content (AvgIpc) is 2.85. The van der Waals surface area contributed by atoms with Gasteiger partial charge in [0.2, 0.25) is 5.91 Å². The molecule has 118 valence electrons. The monoisotopic (exact) mass is 299 g/mol. The van der Waals surface area contributed by atoms with Gasteiger partial charge in [0.05, 0.1) is 19.1 Å². The Bertz CT molecular complexity index is 428. The standard InChI is InChI=1S/C13H21N3O5/c1-9(17)14-10-2-3-15(7-10)13(20)16-4-5-21-11(8-16)6-12(18)19/h10-11H,2-8H2,1H3,(H,14,17)(H,18,19). The number of ether oxygens (including phenoxy) is 1. The number of hydrogen-bond acceptors (Lipinski definition) is 4. The van der Waals surface area contributed by atoms with Crippen LogP contribution in [0.1, 0.15) is 19.8 Å². The quantitative estimate of drug-likeness (QED) is 0.731. The van der Waals surface area contributed by atoms with E-state index in [0.717, 1.165) is 6.42 Å². The molecule has 0 spiro atoms. The first-order valence-electron chi connectivity index (χ1n) is 7.10. The van der Waals surface area contributed by atoms with Crippen molar-refractivity contribution in [1.82, 2.24) is 15.1 Å². The first-order valence-corrected chi connectivity index (χ1v) is 7.10. The minimum Gasteiger partial charge on any atom is -0.481 e. The van der Waals surface area contributed by atoms with Crippen LogP contribution in [0.5, 0.6) is 0 Å². The van der Waals surface area contributed by atoms with E-state index in [-0.39, 0.29) is 24.4 Å². The van der Waals surface area contributed by atoms with Crippen molar-refractivity contribution in [3.05, 3.63) is 0 Å². The van der Waals surface area contributed by atoms with Crippen molar-refractivity contribution >= 4 is 17.9 Å². The van der Waals surface area contributed by atoms with Crippen molar-refractivity contribution in [2.45, 2.75) is 31.9 Å². The van der Waals surface area contributed by atoms with Gasteiger partial charge in [-0.2, -0.15) is 0 Å². The average molecular weight is 299 g/mol. The molecule has 0 aromatic carbocycles. The number of hydrogen-bond donors (Lipinski definition) is 2. The molecule has 0 aromatic rings. The molecule has 8 heteroatoms. The Hall–Kier alpha value is -1.83. The van der Waals surface area contributed by atoms with Gasteiger partial charge in [-0.05, 0) is 6.42 Å². The summed E-state index contributed by atoms with van der Waals surface area (Å²) in [4.78, 5) is 37.5. The lowest BCUT2D eigenvalue weighted by molar-refractivity contribution is -0.141. The summed E-state index contributed by atoms with van der Waals surface area (Å²) in [5, 5.41) is 11.6. The Morgan fingerprint density at radius 3 is 2.62 bits per heavy atom. The maximum Gasteiger partial charge on any atom is 0.320 e. The van der Waals surface area contributed by atoms with Gasteiger partial charge in [-0.3, -0.25) is 9.59 Å². The number of urea groups is 1. The Balaban J connectivity index is 1.85. The summed E-state index contributed by atoms with van der Waals surface area (Å²) in [6.45, 7) is 3.68. The number of carbonyl (C=O) groups excluding carboxylic acids is 2. The summed E-state index contributed by atoms with van der Waals surface area (Å²) in [6, 6.07) is -0.108. The van der Waals surface area contributed by atoms with E-state index in [1.165, 1.54) is 6.92 Å². The third-order valence-corrected chi connectivity index (χ3v) is 3.68. The second-order valence-corrected chi connectivity index (χ2v) is 5.45. The van der Waals surface area contributed by atoms with Gasteiger partial charge in [0.1, 0.15) is 0 Å². The second-order valence-electron chi connectivity index (χ2n) is 5.45. The van der Waals surface area contributed by atoms with E-state index in [2.05, 4.69) is 5.32 Å². The van der Waals surface area contributed by atoms with Gasteiger partial charge in [-0.15, -0.1) is 0 Å². The zero-order valence-electron chi connectivity index (χ0n) is 12.1. The highest BCUT2D eigenvalue weighted by Gasteiger charge is 2.32. The lowest BCUT2D eigenvalue weighted by atomic mass is 10.2. The number of amides is 3. The molecule has 3 amide bonds. The molecule has 21 heavy (non-hydrogen) atoms. The van der Waals surface area contributed by atoms with Crippen LogP contribution in [0.15, 0.2) is 0 Å². The highest BCUT2D eigenvalue weighted by molar-refractivity contribution is 5.76. The summed E-state index contributed by atoms with van der Waals surface area (Å²) >= 11 is 0. The van der Waals surface area contributed by atoms with Crippen LogP contribution in [-0.2, 0) is 14.3 Å². The molecule has 0 saturated carbocycles. The molecule has 2 N–H and O–H groups in total. The summed E-state index contributed by atoms with van der Waals surface area (Å²) in [6.07, 6.45) is 0.195. The first-order chi connectivity index (χ1) is 9.95. The predicted molar refractivity (Wildman–Crippen MR) is 72.8 cm³/mol. The van der Waals surface area contributed by atoms with Gasteiger partial charge in [-0.25, -0.2) is 4.79 Å². The number of carboxylic acids is 1. The molecule has 8 nitrogen and oxygen atoms in total. The molecule has 0 radical (unpaired) electrons. The minimum atomic E-state index is -0.929. The third kappa shape index (κ3) is 4.32. The summed E-state index contributed by atoms with van der Waals surface area (Å²) in [7, 11) is 0. The number of morpholine rings is 1. The van der Waals surface area contributed by atoms with E-state index in [1.807, 2.05) is 0 Å². The molecule has 0 aliphatic carbocycles. The van der Waals surface area contributed by atoms with E-state index < -0.39 is 12.1 Å². The minimum absolute atomic E-state index is 0.00214.